The van der Waals surface area contributed by atoms with Gasteiger partial charge in [-0.1, -0.05) is 6.08 Å². The maximum Gasteiger partial charge on any atom is 0.323 e. The number of aromatic nitrogens is 2. The summed E-state index contributed by atoms with van der Waals surface area (Å²) < 4.78 is 5.02. The fraction of sp³-hybridized carbons (Fsp3) is 0.364. The fourth-order valence-corrected chi connectivity index (χ4v) is 1.35. The van der Waals surface area contributed by atoms with E-state index in [-0.39, 0.29) is 6.54 Å². The SMILES string of the molecule is C=CCN(CC(=O)O)c1cc(OC)nc(C)n1. The van der Waals surface area contributed by atoms with E-state index in [1.165, 1.54) is 7.11 Å². The molecule has 1 aromatic rings. The number of carbonyl (C=O) groups is 1. The van der Waals surface area contributed by atoms with Gasteiger partial charge in [-0.25, -0.2) is 4.98 Å². The van der Waals surface area contributed by atoms with Gasteiger partial charge in [-0.15, -0.1) is 6.58 Å². The van der Waals surface area contributed by atoms with Crippen LogP contribution in [0.4, 0.5) is 5.82 Å². The Morgan fingerprint density at radius 2 is 2.35 bits per heavy atom. The van der Waals surface area contributed by atoms with Gasteiger partial charge in [0.15, 0.2) is 0 Å². The van der Waals surface area contributed by atoms with E-state index in [1.54, 1.807) is 24.0 Å². The van der Waals surface area contributed by atoms with Crippen LogP contribution >= 0.6 is 0 Å². The van der Waals surface area contributed by atoms with Crippen LogP contribution in [-0.4, -0.2) is 41.2 Å². The summed E-state index contributed by atoms with van der Waals surface area (Å²) in [5, 5.41) is 8.82. The molecule has 92 valence electrons. The molecule has 1 aromatic heterocycles. The normalized spacial score (nSPS) is 9.76. The number of methoxy groups -OCH3 is 1. The Kier molecular flexibility index (Phi) is 4.45. The molecule has 0 aliphatic carbocycles. The Bertz CT molecular complexity index is 420. The molecule has 0 fully saturated rings. The molecule has 1 N–H and O–H groups in total. The zero-order chi connectivity index (χ0) is 12.8. The van der Waals surface area contributed by atoms with Gasteiger partial charge in [0.05, 0.1) is 7.11 Å². The largest absolute Gasteiger partial charge is 0.481 e. The second kappa shape index (κ2) is 5.83. The zero-order valence-electron chi connectivity index (χ0n) is 9.88. The van der Waals surface area contributed by atoms with Crippen LogP contribution in [-0.2, 0) is 4.79 Å². The van der Waals surface area contributed by atoms with Gasteiger partial charge in [-0.3, -0.25) is 4.79 Å². The number of hydrogen-bond donors (Lipinski definition) is 1. The number of carboxylic acid groups (broad SMARTS) is 1. The summed E-state index contributed by atoms with van der Waals surface area (Å²) in [5.41, 5.74) is 0. The molecule has 0 unspecified atom stereocenters. The molecular formula is C11H15N3O3. The molecule has 6 nitrogen and oxygen atoms in total. The van der Waals surface area contributed by atoms with Gasteiger partial charge in [0.2, 0.25) is 5.88 Å². The predicted molar refractivity (Wildman–Crippen MR) is 63.4 cm³/mol. The predicted octanol–water partition coefficient (Wildman–Crippen LogP) is 0.871. The number of hydrogen-bond acceptors (Lipinski definition) is 5. The third-order valence-electron chi connectivity index (χ3n) is 2.01. The fourth-order valence-electron chi connectivity index (χ4n) is 1.35. The molecule has 17 heavy (non-hydrogen) atoms. The Labute approximate surface area is 99.6 Å². The summed E-state index contributed by atoms with van der Waals surface area (Å²) >= 11 is 0. The second-order valence-electron chi connectivity index (χ2n) is 3.38. The minimum absolute atomic E-state index is 0.147. The van der Waals surface area contributed by atoms with Crippen molar-refractivity contribution in [3.8, 4) is 5.88 Å². The first-order valence-corrected chi connectivity index (χ1v) is 5.04. The molecule has 6 heteroatoms. The smallest absolute Gasteiger partial charge is 0.323 e. The average molecular weight is 237 g/mol. The Morgan fingerprint density at radius 1 is 1.65 bits per heavy atom. The van der Waals surface area contributed by atoms with Crippen LogP contribution in [0.5, 0.6) is 5.88 Å². The van der Waals surface area contributed by atoms with Gasteiger partial charge in [0.25, 0.3) is 0 Å². The summed E-state index contributed by atoms with van der Waals surface area (Å²) in [6.07, 6.45) is 1.62. The number of nitrogens with zero attached hydrogens (tertiary/aromatic N) is 3. The van der Waals surface area contributed by atoms with Crippen LogP contribution in [0.15, 0.2) is 18.7 Å². The second-order valence-corrected chi connectivity index (χ2v) is 3.38. The van der Waals surface area contributed by atoms with E-state index in [1.807, 2.05) is 0 Å². The van der Waals surface area contributed by atoms with Crippen LogP contribution in [0.1, 0.15) is 5.82 Å². The van der Waals surface area contributed by atoms with Gasteiger partial charge in [-0.2, -0.15) is 4.98 Å². The Balaban J connectivity index is 3.03. The lowest BCUT2D eigenvalue weighted by Gasteiger charge is -2.20. The van der Waals surface area contributed by atoms with E-state index in [4.69, 9.17) is 9.84 Å². The van der Waals surface area contributed by atoms with Crippen LogP contribution < -0.4 is 9.64 Å². The summed E-state index contributed by atoms with van der Waals surface area (Å²) in [4.78, 5) is 20.5. The molecule has 0 aliphatic rings. The number of anilines is 1. The van der Waals surface area contributed by atoms with E-state index in [0.29, 0.717) is 24.1 Å². The van der Waals surface area contributed by atoms with Crippen molar-refractivity contribution in [2.24, 2.45) is 0 Å². The molecule has 1 heterocycles. The number of rotatable bonds is 6. The van der Waals surface area contributed by atoms with E-state index < -0.39 is 5.97 Å². The Hall–Kier alpha value is -2.11. The van der Waals surface area contributed by atoms with E-state index in [0.717, 1.165) is 0 Å². The molecule has 1 rings (SSSR count). The minimum Gasteiger partial charge on any atom is -0.481 e. The zero-order valence-corrected chi connectivity index (χ0v) is 9.88. The number of ether oxygens (including phenoxy) is 1. The van der Waals surface area contributed by atoms with Crippen molar-refractivity contribution < 1.29 is 14.6 Å². The molecule has 0 atom stereocenters. The highest BCUT2D eigenvalue weighted by atomic mass is 16.5. The molecule has 0 saturated heterocycles. The molecule has 0 amide bonds. The summed E-state index contributed by atoms with van der Waals surface area (Å²) in [6.45, 7) is 5.56. The summed E-state index contributed by atoms with van der Waals surface area (Å²) in [5.74, 6) is 0.518. The first-order valence-electron chi connectivity index (χ1n) is 5.04. The number of aliphatic carboxylic acids is 1. The third kappa shape index (κ3) is 3.75. The molecule has 0 aliphatic heterocycles. The quantitative estimate of drug-likeness (QED) is 0.740. The van der Waals surface area contributed by atoms with Gasteiger partial charge in [0.1, 0.15) is 18.2 Å². The highest BCUT2D eigenvalue weighted by Gasteiger charge is 2.12. The van der Waals surface area contributed by atoms with Crippen molar-refractivity contribution in [1.82, 2.24) is 9.97 Å². The van der Waals surface area contributed by atoms with E-state index in [9.17, 15) is 4.79 Å². The first kappa shape index (κ1) is 13.0. The van der Waals surface area contributed by atoms with Gasteiger partial charge < -0.3 is 14.7 Å². The molecule has 0 bridgehead atoms. The standard InChI is InChI=1S/C11H15N3O3/c1-4-5-14(7-11(15)16)9-6-10(17-3)13-8(2)12-9/h4,6H,1,5,7H2,2-3H3,(H,15,16). The highest BCUT2D eigenvalue weighted by Crippen LogP contribution is 2.16. The van der Waals surface area contributed by atoms with Crippen LogP contribution in [0.25, 0.3) is 0 Å². The van der Waals surface area contributed by atoms with Crippen molar-refractivity contribution in [3.63, 3.8) is 0 Å². The number of carboxylic acids is 1. The van der Waals surface area contributed by atoms with Crippen LogP contribution in [0.2, 0.25) is 0 Å². The average Bonchev–Trinajstić information content (AvgIpc) is 2.27. The molecular weight excluding hydrogens is 222 g/mol. The lowest BCUT2D eigenvalue weighted by atomic mass is 10.4. The van der Waals surface area contributed by atoms with E-state index >= 15 is 0 Å². The van der Waals surface area contributed by atoms with Gasteiger partial charge in [0, 0.05) is 12.6 Å². The van der Waals surface area contributed by atoms with Crippen molar-refractivity contribution in [2.45, 2.75) is 6.92 Å². The van der Waals surface area contributed by atoms with Crippen LogP contribution in [0, 0.1) is 6.92 Å². The minimum atomic E-state index is -0.929. The van der Waals surface area contributed by atoms with Crippen LogP contribution in [0.3, 0.4) is 0 Å². The molecule has 0 spiro atoms. The third-order valence-corrected chi connectivity index (χ3v) is 2.01. The Morgan fingerprint density at radius 3 is 2.88 bits per heavy atom. The van der Waals surface area contributed by atoms with Crippen molar-refractivity contribution in [1.29, 1.82) is 0 Å². The highest BCUT2D eigenvalue weighted by molar-refractivity contribution is 5.73. The molecule has 0 saturated carbocycles. The molecule has 0 radical (unpaired) electrons. The number of aryl methyl sites for hydroxylation is 1. The summed E-state index contributed by atoms with van der Waals surface area (Å²) in [7, 11) is 1.50. The first-order chi connectivity index (χ1) is 8.06. The van der Waals surface area contributed by atoms with Gasteiger partial charge >= 0.3 is 5.97 Å². The summed E-state index contributed by atoms with van der Waals surface area (Å²) in [6, 6.07) is 1.60. The van der Waals surface area contributed by atoms with E-state index in [2.05, 4.69) is 16.5 Å². The van der Waals surface area contributed by atoms with Gasteiger partial charge in [-0.05, 0) is 6.92 Å². The molecule has 0 aromatic carbocycles. The maximum absolute atomic E-state index is 10.7. The maximum atomic E-state index is 10.7. The van der Waals surface area contributed by atoms with Crippen molar-refractivity contribution in [2.75, 3.05) is 25.1 Å². The lowest BCUT2D eigenvalue weighted by molar-refractivity contribution is -0.135. The lowest BCUT2D eigenvalue weighted by Crippen LogP contribution is -2.30. The van der Waals surface area contributed by atoms with Crippen molar-refractivity contribution in [3.05, 3.63) is 24.5 Å². The monoisotopic (exact) mass is 237 g/mol. The van der Waals surface area contributed by atoms with Crippen molar-refractivity contribution >= 4 is 11.8 Å². The topological polar surface area (TPSA) is 75.6 Å².